The highest BCUT2D eigenvalue weighted by Gasteiger charge is 2.31. The zero-order valence-corrected chi connectivity index (χ0v) is 12.4. The molecule has 0 bridgehead atoms. The molecule has 1 N–H and O–H groups in total. The summed E-state index contributed by atoms with van der Waals surface area (Å²) in [5.74, 6) is 1.05. The third-order valence-corrected chi connectivity index (χ3v) is 6.57. The van der Waals surface area contributed by atoms with Gasteiger partial charge in [0.2, 0.25) is 0 Å². The minimum Gasteiger partial charge on any atom is -0.314 e. The minimum atomic E-state index is -2.88. The summed E-state index contributed by atoms with van der Waals surface area (Å²) in [5.41, 5.74) is 0. The van der Waals surface area contributed by atoms with Crippen molar-refractivity contribution in [2.24, 2.45) is 5.92 Å². The van der Waals surface area contributed by atoms with Crippen molar-refractivity contribution in [2.75, 3.05) is 31.9 Å². The lowest BCUT2D eigenvalue weighted by Crippen LogP contribution is -2.52. The lowest BCUT2D eigenvalue weighted by atomic mass is 9.85. The van der Waals surface area contributed by atoms with E-state index in [9.17, 15) is 8.42 Å². The zero-order chi connectivity index (χ0) is 13.2. The Labute approximate surface area is 111 Å². The summed E-state index contributed by atoms with van der Waals surface area (Å²) < 4.78 is 23.6. The number of rotatable bonds is 4. The Morgan fingerprint density at radius 2 is 2.11 bits per heavy atom. The molecule has 2 saturated heterocycles. The van der Waals surface area contributed by atoms with Gasteiger partial charge in [0, 0.05) is 19.1 Å². The van der Waals surface area contributed by atoms with Crippen molar-refractivity contribution in [3.05, 3.63) is 0 Å². The highest BCUT2D eigenvalue weighted by molar-refractivity contribution is 7.92. The average molecular weight is 274 g/mol. The molecular formula is C13H26N2O2S. The Kier molecular flexibility index (Phi) is 4.67. The maximum absolute atomic E-state index is 11.8. The van der Waals surface area contributed by atoms with Crippen LogP contribution in [0.4, 0.5) is 0 Å². The van der Waals surface area contributed by atoms with Gasteiger partial charge in [0.05, 0.1) is 11.0 Å². The highest BCUT2D eigenvalue weighted by atomic mass is 32.2. The quantitative estimate of drug-likeness (QED) is 0.827. The van der Waals surface area contributed by atoms with E-state index >= 15 is 0 Å². The van der Waals surface area contributed by atoms with Crippen molar-refractivity contribution in [3.63, 3.8) is 0 Å². The van der Waals surface area contributed by atoms with Crippen LogP contribution in [-0.4, -0.2) is 56.5 Å². The fourth-order valence-electron chi connectivity index (χ4n) is 3.02. The standard InChI is InChI=1S/C13H26N2O2S/c1-11(2)18(16,17)9-8-15-7-5-13-12(10-15)4-3-6-14-13/h11-14H,3-10H2,1-2H3. The smallest absolute Gasteiger partial charge is 0.153 e. The van der Waals surface area contributed by atoms with Gasteiger partial charge in [-0.05, 0) is 52.1 Å². The van der Waals surface area contributed by atoms with Crippen LogP contribution in [0.5, 0.6) is 0 Å². The largest absolute Gasteiger partial charge is 0.314 e. The number of nitrogens with one attached hydrogen (secondary N) is 1. The van der Waals surface area contributed by atoms with E-state index < -0.39 is 9.84 Å². The molecule has 2 heterocycles. The SMILES string of the molecule is CC(C)S(=O)(=O)CCN1CCC2NCCCC2C1. The van der Waals surface area contributed by atoms with Gasteiger partial charge in [0.15, 0.2) is 9.84 Å². The first-order valence-corrected chi connectivity index (χ1v) is 8.88. The molecule has 2 fully saturated rings. The first-order chi connectivity index (χ1) is 8.49. The van der Waals surface area contributed by atoms with Crippen molar-refractivity contribution in [2.45, 2.75) is 44.4 Å². The van der Waals surface area contributed by atoms with Crippen LogP contribution < -0.4 is 5.32 Å². The molecule has 5 heteroatoms. The lowest BCUT2D eigenvalue weighted by molar-refractivity contribution is 0.119. The predicted molar refractivity (Wildman–Crippen MR) is 74.5 cm³/mol. The molecular weight excluding hydrogens is 248 g/mol. The Hall–Kier alpha value is -0.130. The molecule has 0 radical (unpaired) electrons. The van der Waals surface area contributed by atoms with Crippen LogP contribution in [-0.2, 0) is 9.84 Å². The van der Waals surface area contributed by atoms with E-state index in [2.05, 4.69) is 10.2 Å². The molecule has 2 atom stereocenters. The average Bonchev–Trinajstić information content (AvgIpc) is 2.36. The van der Waals surface area contributed by atoms with Gasteiger partial charge < -0.3 is 10.2 Å². The fraction of sp³-hybridized carbons (Fsp3) is 1.00. The summed E-state index contributed by atoms with van der Waals surface area (Å²) in [7, 11) is -2.88. The first kappa shape index (κ1) is 14.3. The van der Waals surface area contributed by atoms with Crippen LogP contribution in [0.1, 0.15) is 33.1 Å². The molecule has 0 aromatic rings. The number of fused-ring (bicyclic) bond motifs is 1. The normalized spacial score (nSPS) is 30.4. The number of likely N-dealkylation sites (tertiary alicyclic amines) is 1. The number of piperidine rings is 2. The second-order valence-electron chi connectivity index (χ2n) is 5.97. The second-order valence-corrected chi connectivity index (χ2v) is 8.64. The number of hydrogen-bond donors (Lipinski definition) is 1. The topological polar surface area (TPSA) is 49.4 Å². The first-order valence-electron chi connectivity index (χ1n) is 7.16. The van der Waals surface area contributed by atoms with Gasteiger partial charge in [0.1, 0.15) is 0 Å². The van der Waals surface area contributed by atoms with E-state index in [0.717, 1.165) is 25.6 Å². The van der Waals surface area contributed by atoms with Crippen molar-refractivity contribution < 1.29 is 8.42 Å². The van der Waals surface area contributed by atoms with Gasteiger partial charge in [-0.15, -0.1) is 0 Å². The van der Waals surface area contributed by atoms with Gasteiger partial charge in [-0.3, -0.25) is 0 Å². The number of sulfone groups is 1. The van der Waals surface area contributed by atoms with E-state index in [-0.39, 0.29) is 5.25 Å². The minimum absolute atomic E-state index is 0.244. The van der Waals surface area contributed by atoms with E-state index in [1.807, 2.05) is 0 Å². The van der Waals surface area contributed by atoms with Gasteiger partial charge in [-0.1, -0.05) is 0 Å². The molecule has 106 valence electrons. The van der Waals surface area contributed by atoms with Gasteiger partial charge in [-0.25, -0.2) is 8.42 Å². The second kappa shape index (κ2) is 5.88. The van der Waals surface area contributed by atoms with Crippen molar-refractivity contribution in [3.8, 4) is 0 Å². The maximum Gasteiger partial charge on any atom is 0.153 e. The summed E-state index contributed by atoms with van der Waals surface area (Å²) in [6.45, 7) is 7.53. The molecule has 0 aromatic carbocycles. The number of nitrogens with zero attached hydrogens (tertiary/aromatic N) is 1. The Bertz CT molecular complexity index is 367. The van der Waals surface area contributed by atoms with Crippen LogP contribution in [0.15, 0.2) is 0 Å². The van der Waals surface area contributed by atoms with Crippen molar-refractivity contribution in [1.29, 1.82) is 0 Å². The number of hydrogen-bond acceptors (Lipinski definition) is 4. The third kappa shape index (κ3) is 3.45. The molecule has 18 heavy (non-hydrogen) atoms. The molecule has 2 rings (SSSR count). The molecule has 0 amide bonds. The van der Waals surface area contributed by atoms with Gasteiger partial charge in [-0.2, -0.15) is 0 Å². The summed E-state index contributed by atoms with van der Waals surface area (Å²) in [4.78, 5) is 2.34. The van der Waals surface area contributed by atoms with E-state index in [1.54, 1.807) is 13.8 Å². The summed E-state index contributed by atoms with van der Waals surface area (Å²) in [6, 6.07) is 0.678. The maximum atomic E-state index is 11.8. The van der Waals surface area contributed by atoms with Crippen LogP contribution in [0.2, 0.25) is 0 Å². The Morgan fingerprint density at radius 3 is 2.83 bits per heavy atom. The highest BCUT2D eigenvalue weighted by Crippen LogP contribution is 2.24. The van der Waals surface area contributed by atoms with E-state index in [0.29, 0.717) is 18.3 Å². The van der Waals surface area contributed by atoms with E-state index in [1.165, 1.54) is 19.3 Å². The van der Waals surface area contributed by atoms with Crippen LogP contribution in [0, 0.1) is 5.92 Å². The summed E-state index contributed by atoms with van der Waals surface area (Å²) in [5, 5.41) is 3.34. The molecule has 0 saturated carbocycles. The molecule has 0 aromatic heterocycles. The Balaban J connectivity index is 1.81. The van der Waals surface area contributed by atoms with Gasteiger partial charge in [0.25, 0.3) is 0 Å². The fourth-order valence-corrected chi connectivity index (χ4v) is 4.00. The lowest BCUT2D eigenvalue weighted by Gasteiger charge is -2.41. The predicted octanol–water partition coefficient (Wildman–Crippen LogP) is 0.884. The Morgan fingerprint density at radius 1 is 1.33 bits per heavy atom. The molecule has 0 aliphatic carbocycles. The molecule has 2 unspecified atom stereocenters. The molecule has 0 spiro atoms. The molecule has 2 aliphatic rings. The molecule has 4 nitrogen and oxygen atoms in total. The molecule has 2 aliphatic heterocycles. The van der Waals surface area contributed by atoms with Gasteiger partial charge >= 0.3 is 0 Å². The summed E-state index contributed by atoms with van der Waals surface area (Å²) in [6.07, 6.45) is 3.73. The summed E-state index contributed by atoms with van der Waals surface area (Å²) >= 11 is 0. The zero-order valence-electron chi connectivity index (χ0n) is 11.6. The van der Waals surface area contributed by atoms with Crippen molar-refractivity contribution in [1.82, 2.24) is 10.2 Å². The van der Waals surface area contributed by atoms with Crippen molar-refractivity contribution >= 4 is 9.84 Å². The van der Waals surface area contributed by atoms with E-state index in [4.69, 9.17) is 0 Å². The van der Waals surface area contributed by atoms with Crippen LogP contribution in [0.3, 0.4) is 0 Å². The van der Waals surface area contributed by atoms with Crippen LogP contribution >= 0.6 is 0 Å². The monoisotopic (exact) mass is 274 g/mol. The van der Waals surface area contributed by atoms with Crippen LogP contribution in [0.25, 0.3) is 0 Å². The third-order valence-electron chi connectivity index (χ3n) is 4.39.